The van der Waals surface area contributed by atoms with Crippen LogP contribution < -0.4 is 5.32 Å². The highest BCUT2D eigenvalue weighted by molar-refractivity contribution is 7.16. The quantitative estimate of drug-likeness (QED) is 0.944. The summed E-state index contributed by atoms with van der Waals surface area (Å²) in [4.78, 5) is 14.3. The zero-order valence-electron chi connectivity index (χ0n) is 10.3. The lowest BCUT2D eigenvalue weighted by Gasteiger charge is -1.97. The van der Waals surface area contributed by atoms with E-state index in [1.54, 1.807) is 11.3 Å². The molecule has 2 aromatic heterocycles. The number of nitrogens with zero attached hydrogens (tertiary/aromatic N) is 2. The summed E-state index contributed by atoms with van der Waals surface area (Å²) in [6, 6.07) is 2.03. The first-order chi connectivity index (χ1) is 9.29. The Labute approximate surface area is 118 Å². The van der Waals surface area contributed by atoms with Crippen LogP contribution in [-0.4, -0.2) is 16.1 Å². The monoisotopic (exact) mass is 291 g/mol. The molecule has 1 N–H and O–H groups in total. The Morgan fingerprint density at radius 3 is 2.95 bits per heavy atom. The molecule has 1 amide bonds. The van der Waals surface area contributed by atoms with Crippen molar-refractivity contribution in [2.24, 2.45) is 0 Å². The van der Waals surface area contributed by atoms with E-state index in [1.807, 2.05) is 6.07 Å². The maximum absolute atomic E-state index is 12.2. The maximum atomic E-state index is 12.2. The van der Waals surface area contributed by atoms with Crippen molar-refractivity contribution in [1.82, 2.24) is 10.2 Å². The second kappa shape index (κ2) is 4.38. The first-order valence-corrected chi connectivity index (χ1v) is 8.19. The van der Waals surface area contributed by atoms with Gasteiger partial charge >= 0.3 is 0 Å². The fraction of sp³-hybridized carbons (Fsp3) is 0.462. The van der Waals surface area contributed by atoms with Crippen LogP contribution in [0.3, 0.4) is 0 Å². The molecule has 1 fully saturated rings. The number of amides is 1. The van der Waals surface area contributed by atoms with Crippen molar-refractivity contribution in [3.05, 3.63) is 26.4 Å². The Bertz CT molecular complexity index is 621. The van der Waals surface area contributed by atoms with Gasteiger partial charge in [-0.15, -0.1) is 21.5 Å². The van der Waals surface area contributed by atoms with Crippen molar-refractivity contribution in [2.75, 3.05) is 5.32 Å². The molecule has 2 heterocycles. The molecule has 4 nitrogen and oxygen atoms in total. The van der Waals surface area contributed by atoms with E-state index in [1.165, 1.54) is 41.0 Å². The molecule has 0 unspecified atom stereocenters. The predicted octanol–water partition coefficient (Wildman–Crippen LogP) is 3.22. The van der Waals surface area contributed by atoms with Gasteiger partial charge in [0.05, 0.1) is 4.88 Å². The van der Waals surface area contributed by atoms with Gasteiger partial charge in [0, 0.05) is 10.8 Å². The van der Waals surface area contributed by atoms with Crippen molar-refractivity contribution < 1.29 is 4.79 Å². The van der Waals surface area contributed by atoms with Crippen LogP contribution in [0.15, 0.2) is 6.07 Å². The molecule has 19 heavy (non-hydrogen) atoms. The molecule has 2 aliphatic carbocycles. The normalized spacial score (nSPS) is 17.5. The van der Waals surface area contributed by atoms with Gasteiger partial charge < -0.3 is 0 Å². The van der Waals surface area contributed by atoms with Crippen LogP contribution in [0.25, 0.3) is 0 Å². The third kappa shape index (κ3) is 2.19. The number of hydrogen-bond acceptors (Lipinski definition) is 5. The number of hydrogen-bond donors (Lipinski definition) is 1. The van der Waals surface area contributed by atoms with Crippen LogP contribution in [0.4, 0.5) is 5.13 Å². The van der Waals surface area contributed by atoms with Crippen LogP contribution in [0.5, 0.6) is 0 Å². The van der Waals surface area contributed by atoms with Crippen molar-refractivity contribution in [2.45, 2.75) is 38.0 Å². The SMILES string of the molecule is O=C(Nc1nnc(C2CC2)s1)c1cc2c(s1)CCC2. The van der Waals surface area contributed by atoms with Gasteiger partial charge in [0.1, 0.15) is 5.01 Å². The summed E-state index contributed by atoms with van der Waals surface area (Å²) in [5, 5.41) is 12.7. The Hall–Kier alpha value is -1.27. The van der Waals surface area contributed by atoms with Gasteiger partial charge in [-0.2, -0.15) is 0 Å². The van der Waals surface area contributed by atoms with E-state index in [0.29, 0.717) is 11.0 Å². The van der Waals surface area contributed by atoms with Crippen LogP contribution >= 0.6 is 22.7 Å². The first kappa shape index (κ1) is 11.5. The molecule has 0 radical (unpaired) electrons. The smallest absolute Gasteiger partial charge is 0.267 e. The molecule has 0 spiro atoms. The number of thiophene rings is 1. The van der Waals surface area contributed by atoms with Crippen molar-refractivity contribution in [1.29, 1.82) is 0 Å². The minimum atomic E-state index is -0.0436. The molecule has 0 aromatic carbocycles. The molecule has 98 valence electrons. The number of rotatable bonds is 3. The van der Waals surface area contributed by atoms with Gasteiger partial charge in [-0.25, -0.2) is 0 Å². The number of anilines is 1. The van der Waals surface area contributed by atoms with Gasteiger partial charge in [-0.3, -0.25) is 10.1 Å². The zero-order chi connectivity index (χ0) is 12.8. The fourth-order valence-corrected chi connectivity index (χ4v) is 4.44. The fourth-order valence-electron chi connectivity index (χ4n) is 2.38. The summed E-state index contributed by atoms with van der Waals surface area (Å²) in [7, 11) is 0. The molecule has 6 heteroatoms. The lowest BCUT2D eigenvalue weighted by Crippen LogP contribution is -2.09. The van der Waals surface area contributed by atoms with Gasteiger partial charge in [-0.05, 0) is 43.7 Å². The standard InChI is InChI=1S/C13H13N3OS2/c17-11(10-6-8-2-1-3-9(8)18-10)14-13-16-15-12(19-13)7-4-5-7/h6-7H,1-5H2,(H,14,16,17). The molecule has 0 bridgehead atoms. The number of fused-ring (bicyclic) bond motifs is 1. The van der Waals surface area contributed by atoms with Crippen molar-refractivity contribution >= 4 is 33.7 Å². The summed E-state index contributed by atoms with van der Waals surface area (Å²) in [6.07, 6.45) is 5.88. The third-order valence-corrected chi connectivity index (χ3v) is 5.80. The average molecular weight is 291 g/mol. The molecular formula is C13H13N3OS2. The van der Waals surface area contributed by atoms with E-state index in [4.69, 9.17) is 0 Å². The van der Waals surface area contributed by atoms with E-state index in [0.717, 1.165) is 22.7 Å². The highest BCUT2D eigenvalue weighted by atomic mass is 32.1. The number of carbonyl (C=O) groups excluding carboxylic acids is 1. The van der Waals surface area contributed by atoms with Gasteiger partial charge in [-0.1, -0.05) is 11.3 Å². The highest BCUT2D eigenvalue weighted by Gasteiger charge is 2.28. The summed E-state index contributed by atoms with van der Waals surface area (Å²) in [5.41, 5.74) is 1.35. The average Bonchev–Trinajstić information content (AvgIpc) is 2.83. The molecule has 0 atom stereocenters. The second-order valence-corrected chi connectivity index (χ2v) is 7.23. The van der Waals surface area contributed by atoms with Gasteiger partial charge in [0.25, 0.3) is 5.91 Å². The van der Waals surface area contributed by atoms with E-state index in [9.17, 15) is 4.79 Å². The molecule has 0 saturated heterocycles. The van der Waals surface area contributed by atoms with Crippen LogP contribution in [0.2, 0.25) is 0 Å². The van der Waals surface area contributed by atoms with Crippen molar-refractivity contribution in [3.8, 4) is 0 Å². The maximum Gasteiger partial charge on any atom is 0.267 e. The van der Waals surface area contributed by atoms with Gasteiger partial charge in [0.2, 0.25) is 5.13 Å². The van der Waals surface area contributed by atoms with E-state index >= 15 is 0 Å². The Balaban J connectivity index is 1.49. The lowest BCUT2D eigenvalue weighted by molar-refractivity contribution is 0.103. The molecule has 2 aromatic rings. The van der Waals surface area contributed by atoms with E-state index < -0.39 is 0 Å². The van der Waals surface area contributed by atoms with Crippen LogP contribution in [0, 0.1) is 0 Å². The number of aromatic nitrogens is 2. The topological polar surface area (TPSA) is 54.9 Å². The summed E-state index contributed by atoms with van der Waals surface area (Å²) >= 11 is 3.13. The summed E-state index contributed by atoms with van der Waals surface area (Å²) in [5.74, 6) is 0.548. The zero-order valence-corrected chi connectivity index (χ0v) is 11.9. The Morgan fingerprint density at radius 1 is 1.26 bits per heavy atom. The Morgan fingerprint density at radius 2 is 2.16 bits per heavy atom. The molecular weight excluding hydrogens is 278 g/mol. The second-order valence-electron chi connectivity index (χ2n) is 5.09. The molecule has 4 rings (SSSR count). The van der Waals surface area contributed by atoms with E-state index in [-0.39, 0.29) is 5.91 Å². The van der Waals surface area contributed by atoms with Crippen molar-refractivity contribution in [3.63, 3.8) is 0 Å². The highest BCUT2D eigenvalue weighted by Crippen LogP contribution is 2.42. The van der Waals surface area contributed by atoms with Crippen LogP contribution in [-0.2, 0) is 12.8 Å². The number of nitrogens with one attached hydrogen (secondary N) is 1. The van der Waals surface area contributed by atoms with Crippen LogP contribution in [0.1, 0.15) is 50.3 Å². The summed E-state index contributed by atoms with van der Waals surface area (Å²) in [6.45, 7) is 0. The third-order valence-electron chi connectivity index (χ3n) is 3.56. The summed E-state index contributed by atoms with van der Waals surface area (Å²) < 4.78 is 0. The molecule has 2 aliphatic rings. The lowest BCUT2D eigenvalue weighted by atomic mass is 10.2. The predicted molar refractivity (Wildman–Crippen MR) is 76.2 cm³/mol. The minimum Gasteiger partial charge on any atom is -0.296 e. The number of aryl methyl sites for hydroxylation is 2. The largest absolute Gasteiger partial charge is 0.296 e. The Kier molecular flexibility index (Phi) is 2.66. The van der Waals surface area contributed by atoms with E-state index in [2.05, 4.69) is 15.5 Å². The van der Waals surface area contributed by atoms with Gasteiger partial charge in [0.15, 0.2) is 0 Å². The first-order valence-electron chi connectivity index (χ1n) is 6.56. The minimum absolute atomic E-state index is 0.0436. The molecule has 1 saturated carbocycles. The molecule has 0 aliphatic heterocycles. The number of carbonyl (C=O) groups is 1.